The SMILES string of the molecule is CC1C=CC(CO)=C(C2CCN(P)CC2)C=C1. The molecule has 0 radical (unpaired) electrons. The molecular formula is C14H22NOP. The van der Waals surface area contributed by atoms with Gasteiger partial charge in [-0.15, -0.1) is 0 Å². The summed E-state index contributed by atoms with van der Waals surface area (Å²) in [6, 6.07) is 0. The van der Waals surface area contributed by atoms with Gasteiger partial charge in [0.15, 0.2) is 0 Å². The van der Waals surface area contributed by atoms with E-state index in [0.29, 0.717) is 11.8 Å². The van der Waals surface area contributed by atoms with Gasteiger partial charge in [-0.2, -0.15) is 0 Å². The molecular weight excluding hydrogens is 229 g/mol. The first-order valence-electron chi connectivity index (χ1n) is 6.40. The Morgan fingerprint density at radius 2 is 1.94 bits per heavy atom. The van der Waals surface area contributed by atoms with E-state index in [4.69, 9.17) is 0 Å². The average Bonchev–Trinajstić information content (AvgIpc) is 2.52. The molecule has 1 aliphatic heterocycles. The van der Waals surface area contributed by atoms with Crippen LogP contribution in [0.5, 0.6) is 0 Å². The number of hydrogen-bond donors (Lipinski definition) is 1. The molecule has 1 heterocycles. The maximum Gasteiger partial charge on any atom is 0.0684 e. The Kier molecular flexibility index (Phi) is 4.55. The molecule has 0 aromatic carbocycles. The first-order valence-corrected chi connectivity index (χ1v) is 6.92. The van der Waals surface area contributed by atoms with Crippen LogP contribution in [0.1, 0.15) is 19.8 Å². The molecule has 1 aliphatic carbocycles. The van der Waals surface area contributed by atoms with E-state index in [1.807, 2.05) is 0 Å². The molecule has 2 aliphatic rings. The molecule has 0 amide bonds. The van der Waals surface area contributed by atoms with E-state index < -0.39 is 0 Å². The van der Waals surface area contributed by atoms with Gasteiger partial charge in [-0.05, 0) is 35.8 Å². The number of nitrogens with zero attached hydrogens (tertiary/aromatic N) is 1. The highest BCUT2D eigenvalue weighted by atomic mass is 31.0. The average molecular weight is 251 g/mol. The molecule has 0 aromatic heterocycles. The number of rotatable bonds is 2. The summed E-state index contributed by atoms with van der Waals surface area (Å²) >= 11 is 0. The molecule has 1 N–H and O–H groups in total. The minimum atomic E-state index is 0.157. The quantitative estimate of drug-likeness (QED) is 0.762. The van der Waals surface area contributed by atoms with Crippen molar-refractivity contribution in [1.82, 2.24) is 4.67 Å². The fourth-order valence-corrected chi connectivity index (χ4v) is 2.84. The third-order valence-electron chi connectivity index (χ3n) is 3.69. The van der Waals surface area contributed by atoms with Crippen LogP contribution in [0.25, 0.3) is 0 Å². The lowest BCUT2D eigenvalue weighted by atomic mass is 9.86. The second-order valence-corrected chi connectivity index (χ2v) is 5.76. The van der Waals surface area contributed by atoms with Gasteiger partial charge >= 0.3 is 0 Å². The number of aliphatic hydroxyl groups excluding tert-OH is 1. The van der Waals surface area contributed by atoms with Crippen molar-refractivity contribution in [1.29, 1.82) is 0 Å². The van der Waals surface area contributed by atoms with Crippen molar-refractivity contribution in [2.45, 2.75) is 19.8 Å². The van der Waals surface area contributed by atoms with Crippen molar-refractivity contribution in [3.63, 3.8) is 0 Å². The summed E-state index contributed by atoms with van der Waals surface area (Å²) in [5, 5.41) is 9.50. The number of hydrogen-bond acceptors (Lipinski definition) is 2. The molecule has 17 heavy (non-hydrogen) atoms. The zero-order valence-electron chi connectivity index (χ0n) is 10.5. The highest BCUT2D eigenvalue weighted by molar-refractivity contribution is 7.13. The van der Waals surface area contributed by atoms with E-state index in [0.717, 1.165) is 18.7 Å². The normalized spacial score (nSPS) is 27.6. The standard InChI is InChI=1S/C14H22NOP/c1-11-2-4-13(10-16)14(5-3-11)12-6-8-15(17)9-7-12/h2-5,11-12,16H,6-10,17H2,1H3. The third kappa shape index (κ3) is 3.28. The predicted octanol–water partition coefficient (Wildman–Crippen LogP) is 2.54. The van der Waals surface area contributed by atoms with Crippen molar-refractivity contribution >= 4 is 9.39 Å². The molecule has 2 unspecified atom stereocenters. The Morgan fingerprint density at radius 3 is 2.59 bits per heavy atom. The lowest BCUT2D eigenvalue weighted by Crippen LogP contribution is -2.27. The van der Waals surface area contributed by atoms with Crippen molar-refractivity contribution in [3.8, 4) is 0 Å². The van der Waals surface area contributed by atoms with Gasteiger partial charge in [0, 0.05) is 13.1 Å². The van der Waals surface area contributed by atoms with Gasteiger partial charge < -0.3 is 5.11 Å². The summed E-state index contributed by atoms with van der Waals surface area (Å²) in [4.78, 5) is 0. The fraction of sp³-hybridized carbons (Fsp3) is 0.571. The topological polar surface area (TPSA) is 23.5 Å². The summed E-state index contributed by atoms with van der Waals surface area (Å²) in [6.07, 6.45) is 11.1. The monoisotopic (exact) mass is 251 g/mol. The number of aliphatic hydroxyl groups is 1. The molecule has 2 nitrogen and oxygen atoms in total. The third-order valence-corrected chi connectivity index (χ3v) is 4.21. The van der Waals surface area contributed by atoms with Gasteiger partial charge in [-0.1, -0.05) is 40.6 Å². The van der Waals surface area contributed by atoms with Gasteiger partial charge in [0.2, 0.25) is 0 Å². The van der Waals surface area contributed by atoms with Crippen LogP contribution in [0.2, 0.25) is 0 Å². The van der Waals surface area contributed by atoms with E-state index in [-0.39, 0.29) is 6.61 Å². The molecule has 94 valence electrons. The molecule has 0 saturated carbocycles. The Hall–Kier alpha value is -0.430. The molecule has 0 spiro atoms. The van der Waals surface area contributed by atoms with Gasteiger partial charge in [-0.25, -0.2) is 0 Å². The zero-order valence-corrected chi connectivity index (χ0v) is 11.6. The summed E-state index contributed by atoms with van der Waals surface area (Å²) < 4.78 is 2.30. The first-order chi connectivity index (χ1) is 8.20. The Balaban J connectivity index is 2.19. The second-order valence-electron chi connectivity index (χ2n) is 5.03. The summed E-state index contributed by atoms with van der Waals surface area (Å²) in [6.45, 7) is 4.59. The zero-order chi connectivity index (χ0) is 12.3. The summed E-state index contributed by atoms with van der Waals surface area (Å²) in [7, 11) is 2.78. The van der Waals surface area contributed by atoms with E-state index in [1.54, 1.807) is 0 Å². The highest BCUT2D eigenvalue weighted by Crippen LogP contribution is 2.31. The molecule has 0 aromatic rings. The Bertz CT molecular complexity index is 351. The van der Waals surface area contributed by atoms with Crippen LogP contribution >= 0.6 is 9.39 Å². The van der Waals surface area contributed by atoms with Crippen molar-refractivity contribution in [2.75, 3.05) is 19.7 Å². The van der Waals surface area contributed by atoms with Crippen LogP contribution in [0.3, 0.4) is 0 Å². The largest absolute Gasteiger partial charge is 0.392 e. The minimum absolute atomic E-state index is 0.157. The fourth-order valence-electron chi connectivity index (χ4n) is 2.54. The van der Waals surface area contributed by atoms with Crippen LogP contribution in [0.4, 0.5) is 0 Å². The smallest absolute Gasteiger partial charge is 0.0684 e. The van der Waals surface area contributed by atoms with Gasteiger partial charge in [-0.3, -0.25) is 4.67 Å². The maximum absolute atomic E-state index is 9.50. The van der Waals surface area contributed by atoms with Crippen molar-refractivity contribution in [2.24, 2.45) is 11.8 Å². The van der Waals surface area contributed by atoms with E-state index >= 15 is 0 Å². The van der Waals surface area contributed by atoms with E-state index in [9.17, 15) is 5.11 Å². The first kappa shape index (κ1) is 13.0. The van der Waals surface area contributed by atoms with Crippen molar-refractivity contribution in [3.05, 3.63) is 35.5 Å². The minimum Gasteiger partial charge on any atom is -0.392 e. The summed E-state index contributed by atoms with van der Waals surface area (Å²) in [5.74, 6) is 1.08. The molecule has 1 fully saturated rings. The second kappa shape index (κ2) is 5.95. The number of piperidine rings is 1. The Labute approximate surface area is 106 Å². The van der Waals surface area contributed by atoms with Crippen LogP contribution in [-0.2, 0) is 0 Å². The number of allylic oxidation sites excluding steroid dienone is 4. The van der Waals surface area contributed by atoms with Gasteiger partial charge in [0.05, 0.1) is 6.61 Å². The molecule has 3 heteroatoms. The van der Waals surface area contributed by atoms with E-state index in [2.05, 4.69) is 45.3 Å². The Morgan fingerprint density at radius 1 is 1.29 bits per heavy atom. The van der Waals surface area contributed by atoms with Crippen LogP contribution < -0.4 is 0 Å². The lowest BCUT2D eigenvalue weighted by Gasteiger charge is -2.30. The van der Waals surface area contributed by atoms with Crippen LogP contribution in [0.15, 0.2) is 35.5 Å². The van der Waals surface area contributed by atoms with Gasteiger partial charge in [0.1, 0.15) is 0 Å². The van der Waals surface area contributed by atoms with Crippen LogP contribution in [-0.4, -0.2) is 29.5 Å². The molecule has 2 atom stereocenters. The van der Waals surface area contributed by atoms with Crippen molar-refractivity contribution < 1.29 is 5.11 Å². The van der Waals surface area contributed by atoms with Gasteiger partial charge in [0.25, 0.3) is 0 Å². The molecule has 1 saturated heterocycles. The molecule has 2 rings (SSSR count). The van der Waals surface area contributed by atoms with E-state index in [1.165, 1.54) is 18.4 Å². The predicted molar refractivity (Wildman–Crippen MR) is 75.6 cm³/mol. The molecule has 0 bridgehead atoms. The maximum atomic E-state index is 9.50. The van der Waals surface area contributed by atoms with Crippen LogP contribution in [0, 0.1) is 11.8 Å². The summed E-state index contributed by atoms with van der Waals surface area (Å²) in [5.41, 5.74) is 2.46. The highest BCUT2D eigenvalue weighted by Gasteiger charge is 2.21. The lowest BCUT2D eigenvalue weighted by molar-refractivity contribution is 0.311.